The molecule has 0 bridgehead atoms. The third-order valence-electron chi connectivity index (χ3n) is 2.81. The highest BCUT2D eigenvalue weighted by atomic mass is 32.2. The molecule has 0 unspecified atom stereocenters. The first-order chi connectivity index (χ1) is 8.75. The summed E-state index contributed by atoms with van der Waals surface area (Å²) < 4.78 is 0. The molecule has 0 saturated heterocycles. The smallest absolute Gasteiger partial charge is 0.0732 e. The van der Waals surface area contributed by atoms with Crippen LogP contribution in [0.1, 0.15) is 20.3 Å². The molecule has 18 heavy (non-hydrogen) atoms. The van der Waals surface area contributed by atoms with Crippen molar-refractivity contribution in [1.29, 1.82) is 0 Å². The van der Waals surface area contributed by atoms with Gasteiger partial charge in [0.25, 0.3) is 0 Å². The van der Waals surface area contributed by atoms with Crippen molar-refractivity contribution in [3.8, 4) is 0 Å². The molecular formula is C15H22N2S. The molecule has 2 rings (SSSR count). The molecule has 0 atom stereocenters. The van der Waals surface area contributed by atoms with Crippen LogP contribution < -0.4 is 5.32 Å². The van der Waals surface area contributed by atoms with Gasteiger partial charge in [-0.05, 0) is 37.6 Å². The molecule has 0 radical (unpaired) electrons. The second-order valence-electron chi connectivity index (χ2n) is 5.02. The summed E-state index contributed by atoms with van der Waals surface area (Å²) in [6, 6.07) is 10.7. The summed E-state index contributed by atoms with van der Waals surface area (Å²) in [6.45, 7) is 6.72. The number of hydrogen-bond acceptors (Lipinski definition) is 2. The quantitative estimate of drug-likeness (QED) is 0.585. The summed E-state index contributed by atoms with van der Waals surface area (Å²) in [4.78, 5) is 3.45. The van der Waals surface area contributed by atoms with Crippen molar-refractivity contribution < 1.29 is 0 Å². The van der Waals surface area contributed by atoms with Crippen LogP contribution >= 0.6 is 11.8 Å². The van der Waals surface area contributed by atoms with Gasteiger partial charge in [-0.1, -0.05) is 32.0 Å². The number of para-hydroxylation sites is 1. The lowest BCUT2D eigenvalue weighted by Gasteiger charge is -2.06. The first-order valence-corrected chi connectivity index (χ1v) is 7.65. The lowest BCUT2D eigenvalue weighted by Crippen LogP contribution is -2.21. The second-order valence-corrected chi connectivity index (χ2v) is 6.16. The number of H-pyrrole nitrogens is 1. The van der Waals surface area contributed by atoms with Crippen molar-refractivity contribution in [3.63, 3.8) is 0 Å². The Hall–Kier alpha value is -0.930. The van der Waals surface area contributed by atoms with Crippen LogP contribution in [0.15, 0.2) is 35.4 Å². The van der Waals surface area contributed by atoms with E-state index in [2.05, 4.69) is 54.5 Å². The van der Waals surface area contributed by atoms with Gasteiger partial charge >= 0.3 is 0 Å². The van der Waals surface area contributed by atoms with Gasteiger partial charge in [-0.2, -0.15) is 0 Å². The normalized spacial score (nSPS) is 11.5. The van der Waals surface area contributed by atoms with Crippen molar-refractivity contribution in [1.82, 2.24) is 10.3 Å². The maximum atomic E-state index is 3.47. The van der Waals surface area contributed by atoms with E-state index in [0.29, 0.717) is 0 Å². The lowest BCUT2D eigenvalue weighted by atomic mass is 10.2. The summed E-state index contributed by atoms with van der Waals surface area (Å²) in [5, 5.41) is 6.06. The highest BCUT2D eigenvalue weighted by Gasteiger charge is 2.00. The van der Waals surface area contributed by atoms with Crippen LogP contribution in [-0.4, -0.2) is 23.8 Å². The van der Waals surface area contributed by atoms with E-state index in [1.54, 1.807) is 0 Å². The summed E-state index contributed by atoms with van der Waals surface area (Å²) in [7, 11) is 0. The van der Waals surface area contributed by atoms with E-state index in [9.17, 15) is 0 Å². The molecule has 2 aromatic rings. The van der Waals surface area contributed by atoms with Crippen molar-refractivity contribution in [2.75, 3.05) is 18.8 Å². The number of fused-ring (bicyclic) bond motifs is 1. The molecule has 3 heteroatoms. The van der Waals surface area contributed by atoms with Crippen LogP contribution in [0.25, 0.3) is 10.9 Å². The molecule has 1 aromatic heterocycles. The molecule has 1 heterocycles. The molecular weight excluding hydrogens is 240 g/mol. The standard InChI is InChI=1S/C15H22N2S/c1-12(2)11-16-8-5-9-18-15-10-13-6-3-4-7-14(13)17-15/h3-4,6-7,10,12,16-17H,5,8-9,11H2,1-2H3. The topological polar surface area (TPSA) is 27.8 Å². The summed E-state index contributed by atoms with van der Waals surface area (Å²) in [5.41, 5.74) is 1.23. The third-order valence-corrected chi connectivity index (χ3v) is 3.84. The van der Waals surface area contributed by atoms with Crippen LogP contribution in [0, 0.1) is 5.92 Å². The minimum absolute atomic E-state index is 0.742. The van der Waals surface area contributed by atoms with Crippen LogP contribution in [-0.2, 0) is 0 Å². The van der Waals surface area contributed by atoms with E-state index in [-0.39, 0.29) is 0 Å². The number of hydrogen-bond donors (Lipinski definition) is 2. The van der Waals surface area contributed by atoms with Gasteiger partial charge in [0.2, 0.25) is 0 Å². The first-order valence-electron chi connectivity index (χ1n) is 6.67. The monoisotopic (exact) mass is 262 g/mol. The maximum absolute atomic E-state index is 3.47. The van der Waals surface area contributed by atoms with Gasteiger partial charge < -0.3 is 10.3 Å². The molecule has 0 aliphatic heterocycles. The minimum Gasteiger partial charge on any atom is -0.350 e. The Morgan fingerprint density at radius 2 is 2.11 bits per heavy atom. The molecule has 2 nitrogen and oxygen atoms in total. The Bertz CT molecular complexity index is 443. The molecule has 1 aromatic carbocycles. The lowest BCUT2D eigenvalue weighted by molar-refractivity contribution is 0.552. The first kappa shape index (κ1) is 13.5. The number of benzene rings is 1. The number of thioether (sulfide) groups is 1. The van der Waals surface area contributed by atoms with Gasteiger partial charge in [0, 0.05) is 16.7 Å². The van der Waals surface area contributed by atoms with Gasteiger partial charge in [0.15, 0.2) is 0 Å². The molecule has 0 amide bonds. The van der Waals surface area contributed by atoms with Gasteiger partial charge in [0.05, 0.1) is 5.03 Å². The molecule has 0 aliphatic rings. The van der Waals surface area contributed by atoms with Crippen LogP contribution in [0.3, 0.4) is 0 Å². The number of aromatic amines is 1. The summed E-state index contributed by atoms with van der Waals surface area (Å²) in [6.07, 6.45) is 1.22. The Morgan fingerprint density at radius 1 is 1.28 bits per heavy atom. The minimum atomic E-state index is 0.742. The Balaban J connectivity index is 1.70. The molecule has 98 valence electrons. The number of rotatable bonds is 7. The van der Waals surface area contributed by atoms with Crippen molar-refractivity contribution in [2.24, 2.45) is 5.92 Å². The van der Waals surface area contributed by atoms with E-state index < -0.39 is 0 Å². The maximum Gasteiger partial charge on any atom is 0.0732 e. The zero-order valence-corrected chi connectivity index (χ0v) is 12.0. The van der Waals surface area contributed by atoms with E-state index in [0.717, 1.165) is 24.8 Å². The predicted octanol–water partition coefficient (Wildman–Crippen LogP) is 3.90. The van der Waals surface area contributed by atoms with Gasteiger partial charge in [-0.3, -0.25) is 0 Å². The Morgan fingerprint density at radius 3 is 2.89 bits per heavy atom. The molecule has 0 spiro atoms. The third kappa shape index (κ3) is 4.07. The van der Waals surface area contributed by atoms with Crippen LogP contribution in [0.4, 0.5) is 0 Å². The van der Waals surface area contributed by atoms with E-state index in [1.165, 1.54) is 22.3 Å². The zero-order chi connectivity index (χ0) is 12.8. The summed E-state index contributed by atoms with van der Waals surface area (Å²) >= 11 is 1.91. The fourth-order valence-corrected chi connectivity index (χ4v) is 2.80. The van der Waals surface area contributed by atoms with Gasteiger partial charge in [0.1, 0.15) is 0 Å². The average Bonchev–Trinajstić information content (AvgIpc) is 2.75. The van der Waals surface area contributed by atoms with Crippen molar-refractivity contribution in [2.45, 2.75) is 25.3 Å². The SMILES string of the molecule is CC(C)CNCCCSc1cc2ccccc2[nH]1. The summed E-state index contributed by atoms with van der Waals surface area (Å²) in [5.74, 6) is 1.91. The van der Waals surface area contributed by atoms with E-state index in [1.807, 2.05) is 11.8 Å². The van der Waals surface area contributed by atoms with Crippen molar-refractivity contribution >= 4 is 22.7 Å². The molecule has 2 N–H and O–H groups in total. The average molecular weight is 262 g/mol. The van der Waals surface area contributed by atoms with Crippen LogP contribution in [0.5, 0.6) is 0 Å². The fraction of sp³-hybridized carbons (Fsp3) is 0.467. The van der Waals surface area contributed by atoms with E-state index in [4.69, 9.17) is 0 Å². The molecule has 0 fully saturated rings. The molecule has 0 saturated carbocycles. The van der Waals surface area contributed by atoms with E-state index >= 15 is 0 Å². The zero-order valence-electron chi connectivity index (χ0n) is 11.2. The predicted molar refractivity (Wildman–Crippen MR) is 81.3 cm³/mol. The number of aromatic nitrogens is 1. The second kappa shape index (κ2) is 6.86. The number of nitrogens with one attached hydrogen (secondary N) is 2. The van der Waals surface area contributed by atoms with Crippen molar-refractivity contribution in [3.05, 3.63) is 30.3 Å². The van der Waals surface area contributed by atoms with Gasteiger partial charge in [-0.15, -0.1) is 11.8 Å². The highest BCUT2D eigenvalue weighted by Crippen LogP contribution is 2.23. The Labute approximate surface area is 114 Å². The van der Waals surface area contributed by atoms with Crippen LogP contribution in [0.2, 0.25) is 0 Å². The van der Waals surface area contributed by atoms with Gasteiger partial charge in [-0.25, -0.2) is 0 Å². The highest BCUT2D eigenvalue weighted by molar-refractivity contribution is 7.99. The largest absolute Gasteiger partial charge is 0.350 e. The Kier molecular flexibility index (Phi) is 5.14. The fourth-order valence-electron chi connectivity index (χ4n) is 1.89. The molecule has 0 aliphatic carbocycles.